The van der Waals surface area contributed by atoms with Crippen LogP contribution in [0.15, 0.2) is 28.7 Å². The lowest BCUT2D eigenvalue weighted by atomic mass is 9.99. The van der Waals surface area contributed by atoms with Gasteiger partial charge in [0.05, 0.1) is 5.56 Å². The van der Waals surface area contributed by atoms with Crippen LogP contribution in [0.2, 0.25) is 0 Å². The Balaban J connectivity index is 2.15. The number of rotatable bonds is 2. The SMILES string of the molecule is O=CC1CCCN(C(=O)c2ccccc2Br)C1. The molecule has 1 heterocycles. The summed E-state index contributed by atoms with van der Waals surface area (Å²) in [7, 11) is 0. The van der Waals surface area contributed by atoms with E-state index in [-0.39, 0.29) is 11.8 Å². The number of hydrogen-bond donors (Lipinski definition) is 0. The summed E-state index contributed by atoms with van der Waals surface area (Å²) in [5.74, 6) is -0.000729. The molecule has 3 nitrogen and oxygen atoms in total. The normalized spacial score (nSPS) is 20.1. The van der Waals surface area contributed by atoms with Gasteiger partial charge in [-0.1, -0.05) is 12.1 Å². The Labute approximate surface area is 109 Å². The third-order valence-electron chi connectivity index (χ3n) is 3.04. The fourth-order valence-electron chi connectivity index (χ4n) is 2.11. The maximum absolute atomic E-state index is 12.3. The lowest BCUT2D eigenvalue weighted by Crippen LogP contribution is -2.40. The maximum atomic E-state index is 12.3. The zero-order chi connectivity index (χ0) is 12.3. The van der Waals surface area contributed by atoms with Crippen LogP contribution in [0.3, 0.4) is 0 Å². The van der Waals surface area contributed by atoms with Gasteiger partial charge in [-0.05, 0) is 40.9 Å². The monoisotopic (exact) mass is 295 g/mol. The van der Waals surface area contributed by atoms with Crippen molar-refractivity contribution in [1.82, 2.24) is 4.90 Å². The summed E-state index contributed by atoms with van der Waals surface area (Å²) < 4.78 is 0.804. The molecule has 2 rings (SSSR count). The summed E-state index contributed by atoms with van der Waals surface area (Å²) in [5.41, 5.74) is 0.666. The third-order valence-corrected chi connectivity index (χ3v) is 3.73. The number of hydrogen-bond acceptors (Lipinski definition) is 2. The van der Waals surface area contributed by atoms with Crippen molar-refractivity contribution >= 4 is 28.1 Å². The molecular weight excluding hydrogens is 282 g/mol. The highest BCUT2D eigenvalue weighted by atomic mass is 79.9. The van der Waals surface area contributed by atoms with Crippen LogP contribution in [-0.2, 0) is 4.79 Å². The van der Waals surface area contributed by atoms with Gasteiger partial charge in [0.2, 0.25) is 0 Å². The second kappa shape index (κ2) is 5.45. The molecule has 90 valence electrons. The van der Waals surface area contributed by atoms with Gasteiger partial charge < -0.3 is 9.69 Å². The molecule has 17 heavy (non-hydrogen) atoms. The predicted molar refractivity (Wildman–Crippen MR) is 68.8 cm³/mol. The van der Waals surface area contributed by atoms with Gasteiger partial charge in [-0.25, -0.2) is 0 Å². The number of nitrogens with zero attached hydrogens (tertiary/aromatic N) is 1. The molecular formula is C13H14BrNO2. The number of benzene rings is 1. The van der Waals surface area contributed by atoms with Gasteiger partial charge in [-0.3, -0.25) is 4.79 Å². The molecule has 1 unspecified atom stereocenters. The first-order valence-electron chi connectivity index (χ1n) is 5.71. The molecule has 1 amide bonds. The molecule has 1 fully saturated rings. The number of halogens is 1. The lowest BCUT2D eigenvalue weighted by molar-refractivity contribution is -0.112. The van der Waals surface area contributed by atoms with Gasteiger partial charge in [-0.2, -0.15) is 0 Å². The summed E-state index contributed by atoms with van der Waals surface area (Å²) in [6, 6.07) is 7.38. The average Bonchev–Trinajstić information content (AvgIpc) is 2.38. The van der Waals surface area contributed by atoms with Crippen LogP contribution in [0.4, 0.5) is 0 Å². The predicted octanol–water partition coefficient (Wildman–Crippen LogP) is 2.50. The van der Waals surface area contributed by atoms with Crippen LogP contribution in [0.1, 0.15) is 23.2 Å². The van der Waals surface area contributed by atoms with Crippen molar-refractivity contribution in [3.05, 3.63) is 34.3 Å². The van der Waals surface area contributed by atoms with E-state index in [1.54, 1.807) is 11.0 Å². The Hall–Kier alpha value is -1.16. The lowest BCUT2D eigenvalue weighted by Gasteiger charge is -2.30. The minimum absolute atomic E-state index is 0.00373. The number of carbonyl (C=O) groups excluding carboxylic acids is 2. The van der Waals surface area contributed by atoms with E-state index in [4.69, 9.17) is 0 Å². The van der Waals surface area contributed by atoms with E-state index in [1.807, 2.05) is 18.2 Å². The number of aldehydes is 1. The van der Waals surface area contributed by atoms with Crippen molar-refractivity contribution in [3.8, 4) is 0 Å². The van der Waals surface area contributed by atoms with Crippen LogP contribution in [0, 0.1) is 5.92 Å². The molecule has 0 bridgehead atoms. The largest absolute Gasteiger partial charge is 0.338 e. The van der Waals surface area contributed by atoms with E-state index < -0.39 is 0 Å². The van der Waals surface area contributed by atoms with Gasteiger partial charge >= 0.3 is 0 Å². The van der Waals surface area contributed by atoms with Crippen molar-refractivity contribution in [2.45, 2.75) is 12.8 Å². The highest BCUT2D eigenvalue weighted by Crippen LogP contribution is 2.21. The van der Waals surface area contributed by atoms with Crippen LogP contribution in [-0.4, -0.2) is 30.2 Å². The van der Waals surface area contributed by atoms with Crippen molar-refractivity contribution in [2.24, 2.45) is 5.92 Å². The van der Waals surface area contributed by atoms with Gasteiger partial charge in [0.15, 0.2) is 0 Å². The number of amides is 1. The maximum Gasteiger partial charge on any atom is 0.255 e. The fourth-order valence-corrected chi connectivity index (χ4v) is 2.56. The van der Waals surface area contributed by atoms with Crippen molar-refractivity contribution in [2.75, 3.05) is 13.1 Å². The highest BCUT2D eigenvalue weighted by Gasteiger charge is 2.24. The zero-order valence-electron chi connectivity index (χ0n) is 9.43. The minimum Gasteiger partial charge on any atom is -0.338 e. The van der Waals surface area contributed by atoms with Crippen molar-refractivity contribution < 1.29 is 9.59 Å². The van der Waals surface area contributed by atoms with Crippen LogP contribution < -0.4 is 0 Å². The Morgan fingerprint density at radius 2 is 2.18 bits per heavy atom. The number of likely N-dealkylation sites (tertiary alicyclic amines) is 1. The smallest absolute Gasteiger partial charge is 0.255 e. The van der Waals surface area contributed by atoms with E-state index in [9.17, 15) is 9.59 Å². The quantitative estimate of drug-likeness (QED) is 0.786. The number of carbonyl (C=O) groups is 2. The van der Waals surface area contributed by atoms with Crippen LogP contribution >= 0.6 is 15.9 Å². The molecule has 1 aliphatic rings. The Kier molecular flexibility index (Phi) is 3.94. The zero-order valence-corrected chi connectivity index (χ0v) is 11.0. The summed E-state index contributed by atoms with van der Waals surface area (Å²) in [6.07, 6.45) is 2.75. The van der Waals surface area contributed by atoms with E-state index in [1.165, 1.54) is 0 Å². The first-order chi connectivity index (χ1) is 8.22. The van der Waals surface area contributed by atoms with Gasteiger partial charge in [-0.15, -0.1) is 0 Å². The van der Waals surface area contributed by atoms with Gasteiger partial charge in [0.1, 0.15) is 6.29 Å². The molecule has 1 aromatic carbocycles. The third kappa shape index (κ3) is 2.75. The minimum atomic E-state index is -0.00446. The Morgan fingerprint density at radius 3 is 2.88 bits per heavy atom. The standard InChI is InChI=1S/C13H14BrNO2/c14-12-6-2-1-5-11(12)13(17)15-7-3-4-10(8-15)9-16/h1-2,5-6,9-10H,3-4,7-8H2. The Morgan fingerprint density at radius 1 is 1.41 bits per heavy atom. The highest BCUT2D eigenvalue weighted by molar-refractivity contribution is 9.10. The summed E-state index contributed by atoms with van der Waals surface area (Å²) in [4.78, 5) is 24.8. The molecule has 0 aromatic heterocycles. The first-order valence-corrected chi connectivity index (χ1v) is 6.51. The molecule has 0 saturated carbocycles. The average molecular weight is 296 g/mol. The van der Waals surface area contributed by atoms with Crippen molar-refractivity contribution in [3.63, 3.8) is 0 Å². The first kappa shape index (κ1) is 12.3. The Bertz CT molecular complexity index is 433. The second-order valence-corrected chi connectivity index (χ2v) is 5.12. The van der Waals surface area contributed by atoms with Crippen LogP contribution in [0.25, 0.3) is 0 Å². The molecule has 0 N–H and O–H groups in total. The molecule has 4 heteroatoms. The molecule has 1 aromatic rings. The second-order valence-electron chi connectivity index (χ2n) is 4.27. The summed E-state index contributed by atoms with van der Waals surface area (Å²) >= 11 is 3.38. The topological polar surface area (TPSA) is 37.4 Å². The van der Waals surface area contributed by atoms with E-state index in [2.05, 4.69) is 15.9 Å². The molecule has 0 aliphatic carbocycles. The molecule has 0 radical (unpaired) electrons. The molecule has 0 spiro atoms. The van der Waals surface area contributed by atoms with E-state index >= 15 is 0 Å². The van der Waals surface area contributed by atoms with Gasteiger partial charge in [0, 0.05) is 23.5 Å². The summed E-state index contributed by atoms with van der Waals surface area (Å²) in [5, 5.41) is 0. The van der Waals surface area contributed by atoms with Crippen LogP contribution in [0.5, 0.6) is 0 Å². The van der Waals surface area contributed by atoms with Crippen molar-refractivity contribution in [1.29, 1.82) is 0 Å². The van der Waals surface area contributed by atoms with Gasteiger partial charge in [0.25, 0.3) is 5.91 Å². The fraction of sp³-hybridized carbons (Fsp3) is 0.385. The number of piperidine rings is 1. The summed E-state index contributed by atoms with van der Waals surface area (Å²) in [6.45, 7) is 1.29. The van der Waals surface area contributed by atoms with E-state index in [0.29, 0.717) is 12.1 Å². The molecule has 1 saturated heterocycles. The molecule has 1 atom stereocenters. The molecule has 1 aliphatic heterocycles. The van der Waals surface area contributed by atoms with E-state index in [0.717, 1.165) is 30.1 Å².